The lowest BCUT2D eigenvalue weighted by atomic mass is 10.2. The first-order valence-electron chi connectivity index (χ1n) is 5.06. The minimum Gasteiger partial charge on any atom is -0.384 e. The number of carbonyl (C=O) groups is 1. The van der Waals surface area contributed by atoms with Crippen molar-refractivity contribution in [2.75, 3.05) is 12.8 Å². The maximum Gasteiger partial charge on any atom is 0.272 e. The lowest BCUT2D eigenvalue weighted by Crippen LogP contribution is -2.35. The highest BCUT2D eigenvalue weighted by Crippen LogP contribution is 2.08. The van der Waals surface area contributed by atoms with E-state index in [1.807, 2.05) is 13.8 Å². The van der Waals surface area contributed by atoms with Crippen LogP contribution in [-0.4, -0.2) is 28.9 Å². The Labute approximate surface area is 102 Å². The van der Waals surface area contributed by atoms with Crippen LogP contribution < -0.4 is 5.73 Å². The highest BCUT2D eigenvalue weighted by molar-refractivity contribution is 5.92. The second kappa shape index (κ2) is 6.33. The van der Waals surface area contributed by atoms with Crippen LogP contribution >= 0.6 is 12.4 Å². The van der Waals surface area contributed by atoms with Gasteiger partial charge in [-0.3, -0.25) is 4.79 Å². The van der Waals surface area contributed by atoms with E-state index in [0.29, 0.717) is 11.5 Å². The zero-order valence-electron chi connectivity index (χ0n) is 9.80. The number of rotatable bonds is 3. The molecule has 0 bridgehead atoms. The molecule has 1 unspecified atom stereocenters. The number of carbonyl (C=O) groups excluding carboxylic acids is 1. The second-order valence-corrected chi connectivity index (χ2v) is 3.62. The Morgan fingerprint density at radius 2 is 2.19 bits per heavy atom. The molecule has 0 aliphatic rings. The molecule has 0 fully saturated rings. The molecular formula is C11H18ClN3O. The first-order chi connectivity index (χ1) is 7.06. The predicted molar refractivity (Wildman–Crippen MR) is 67.7 cm³/mol. The van der Waals surface area contributed by atoms with E-state index in [-0.39, 0.29) is 24.4 Å². The van der Waals surface area contributed by atoms with Crippen molar-refractivity contribution in [1.29, 1.82) is 0 Å². The number of nitrogens with zero attached hydrogens (tertiary/aromatic N) is 2. The van der Waals surface area contributed by atoms with Crippen LogP contribution in [-0.2, 0) is 0 Å². The van der Waals surface area contributed by atoms with E-state index in [0.717, 1.165) is 6.42 Å². The molecule has 0 aliphatic carbocycles. The molecule has 1 aromatic heterocycles. The first-order valence-corrected chi connectivity index (χ1v) is 5.06. The second-order valence-electron chi connectivity index (χ2n) is 3.62. The van der Waals surface area contributed by atoms with E-state index >= 15 is 0 Å². The van der Waals surface area contributed by atoms with Crippen molar-refractivity contribution in [3.05, 3.63) is 23.9 Å². The third kappa shape index (κ3) is 3.38. The maximum absolute atomic E-state index is 11.9. The van der Waals surface area contributed by atoms with Crippen LogP contribution in [0.2, 0.25) is 0 Å². The molecule has 0 saturated carbocycles. The van der Waals surface area contributed by atoms with Crippen molar-refractivity contribution in [3.8, 4) is 0 Å². The van der Waals surface area contributed by atoms with Gasteiger partial charge in [-0.2, -0.15) is 0 Å². The molecule has 16 heavy (non-hydrogen) atoms. The van der Waals surface area contributed by atoms with Crippen LogP contribution in [0.15, 0.2) is 18.2 Å². The van der Waals surface area contributed by atoms with Crippen LogP contribution in [0.4, 0.5) is 5.82 Å². The molecule has 0 aliphatic heterocycles. The minimum atomic E-state index is -0.0864. The fourth-order valence-corrected chi connectivity index (χ4v) is 1.23. The van der Waals surface area contributed by atoms with E-state index in [2.05, 4.69) is 4.98 Å². The van der Waals surface area contributed by atoms with Crippen molar-refractivity contribution in [3.63, 3.8) is 0 Å². The zero-order valence-corrected chi connectivity index (χ0v) is 10.6. The Balaban J connectivity index is 0.00000225. The fraction of sp³-hybridized carbons (Fsp3) is 0.455. The molecule has 0 aromatic carbocycles. The van der Waals surface area contributed by atoms with Gasteiger partial charge in [-0.15, -0.1) is 12.4 Å². The van der Waals surface area contributed by atoms with Crippen molar-refractivity contribution in [2.45, 2.75) is 26.3 Å². The fourth-order valence-electron chi connectivity index (χ4n) is 1.23. The largest absolute Gasteiger partial charge is 0.384 e. The Kier molecular flexibility index (Phi) is 5.82. The molecule has 1 aromatic rings. The number of anilines is 1. The van der Waals surface area contributed by atoms with Crippen LogP contribution in [0.25, 0.3) is 0 Å². The van der Waals surface area contributed by atoms with Gasteiger partial charge >= 0.3 is 0 Å². The summed E-state index contributed by atoms with van der Waals surface area (Å²) in [6.07, 6.45) is 0.921. The van der Waals surface area contributed by atoms with E-state index < -0.39 is 0 Å². The lowest BCUT2D eigenvalue weighted by Gasteiger charge is -2.23. The molecule has 5 heteroatoms. The van der Waals surface area contributed by atoms with Crippen molar-refractivity contribution in [1.82, 2.24) is 9.88 Å². The summed E-state index contributed by atoms with van der Waals surface area (Å²) in [6.45, 7) is 4.05. The average molecular weight is 244 g/mol. The number of hydrogen-bond donors (Lipinski definition) is 1. The molecule has 90 valence electrons. The van der Waals surface area contributed by atoms with E-state index in [1.165, 1.54) is 0 Å². The van der Waals surface area contributed by atoms with E-state index in [9.17, 15) is 4.79 Å². The van der Waals surface area contributed by atoms with Crippen LogP contribution in [0.3, 0.4) is 0 Å². The summed E-state index contributed by atoms with van der Waals surface area (Å²) in [7, 11) is 1.78. The standard InChI is InChI=1S/C11H17N3O.ClH/c1-4-8(2)14(3)11(15)9-6-5-7-10(12)13-9;/h5-8H,4H2,1-3H3,(H2,12,13);1H. The van der Waals surface area contributed by atoms with Gasteiger partial charge in [-0.25, -0.2) is 4.98 Å². The Hall–Kier alpha value is -1.29. The molecule has 1 amide bonds. The minimum absolute atomic E-state index is 0. The van der Waals surface area contributed by atoms with Crippen molar-refractivity contribution >= 4 is 24.1 Å². The number of nitrogens with two attached hydrogens (primary N) is 1. The molecule has 2 N–H and O–H groups in total. The summed E-state index contributed by atoms with van der Waals surface area (Å²) < 4.78 is 0. The van der Waals surface area contributed by atoms with Gasteiger partial charge in [0.25, 0.3) is 5.91 Å². The van der Waals surface area contributed by atoms with Gasteiger partial charge in [0.15, 0.2) is 0 Å². The molecule has 0 radical (unpaired) electrons. The zero-order chi connectivity index (χ0) is 11.4. The van der Waals surface area contributed by atoms with E-state index in [1.54, 1.807) is 30.1 Å². The lowest BCUT2D eigenvalue weighted by molar-refractivity contribution is 0.0735. The van der Waals surface area contributed by atoms with Crippen LogP contribution in [0, 0.1) is 0 Å². The SMILES string of the molecule is CCC(C)N(C)C(=O)c1cccc(N)n1.Cl. The third-order valence-corrected chi connectivity index (χ3v) is 2.56. The number of halogens is 1. The van der Waals surface area contributed by atoms with Gasteiger partial charge in [0.05, 0.1) is 0 Å². The van der Waals surface area contributed by atoms with Gasteiger partial charge in [-0.05, 0) is 25.5 Å². The van der Waals surface area contributed by atoms with Crippen molar-refractivity contribution in [2.24, 2.45) is 0 Å². The molecule has 1 rings (SSSR count). The highest BCUT2D eigenvalue weighted by atomic mass is 35.5. The molecule has 0 saturated heterocycles. The molecule has 4 nitrogen and oxygen atoms in total. The van der Waals surface area contributed by atoms with Gasteiger partial charge in [0, 0.05) is 13.1 Å². The average Bonchev–Trinajstić information content (AvgIpc) is 2.26. The molecule has 1 heterocycles. The number of hydrogen-bond acceptors (Lipinski definition) is 3. The topological polar surface area (TPSA) is 59.2 Å². The number of nitrogen functional groups attached to an aromatic ring is 1. The van der Waals surface area contributed by atoms with Gasteiger partial charge < -0.3 is 10.6 Å². The van der Waals surface area contributed by atoms with Gasteiger partial charge in [-0.1, -0.05) is 13.0 Å². The van der Waals surface area contributed by atoms with Gasteiger partial charge in [0.2, 0.25) is 0 Å². The summed E-state index contributed by atoms with van der Waals surface area (Å²) >= 11 is 0. The third-order valence-electron chi connectivity index (χ3n) is 2.56. The normalized spacial score (nSPS) is 11.4. The first kappa shape index (κ1) is 14.7. The summed E-state index contributed by atoms with van der Waals surface area (Å²) in [5, 5.41) is 0. The maximum atomic E-state index is 11.9. The Bertz CT molecular complexity index is 357. The monoisotopic (exact) mass is 243 g/mol. The van der Waals surface area contributed by atoms with Gasteiger partial charge in [0.1, 0.15) is 11.5 Å². The molecular weight excluding hydrogens is 226 g/mol. The highest BCUT2D eigenvalue weighted by Gasteiger charge is 2.17. The number of aromatic nitrogens is 1. The predicted octanol–water partition coefficient (Wildman–Crippen LogP) is 1.96. The molecule has 1 atom stereocenters. The molecule has 0 spiro atoms. The number of pyridine rings is 1. The van der Waals surface area contributed by atoms with Crippen LogP contribution in [0.5, 0.6) is 0 Å². The summed E-state index contributed by atoms with van der Waals surface area (Å²) in [5.74, 6) is 0.287. The number of amides is 1. The Morgan fingerprint density at radius 1 is 1.56 bits per heavy atom. The summed E-state index contributed by atoms with van der Waals surface area (Å²) in [6, 6.07) is 5.29. The van der Waals surface area contributed by atoms with Crippen molar-refractivity contribution < 1.29 is 4.79 Å². The van der Waals surface area contributed by atoms with E-state index in [4.69, 9.17) is 5.73 Å². The summed E-state index contributed by atoms with van der Waals surface area (Å²) in [5.41, 5.74) is 5.92. The van der Waals surface area contributed by atoms with Crippen LogP contribution in [0.1, 0.15) is 30.8 Å². The summed E-state index contributed by atoms with van der Waals surface area (Å²) in [4.78, 5) is 17.6. The quantitative estimate of drug-likeness (QED) is 0.883. The smallest absolute Gasteiger partial charge is 0.272 e. The Morgan fingerprint density at radius 3 is 2.69 bits per heavy atom.